The summed E-state index contributed by atoms with van der Waals surface area (Å²) in [6.07, 6.45) is 0. The van der Waals surface area contributed by atoms with E-state index < -0.39 is 0 Å². The van der Waals surface area contributed by atoms with Gasteiger partial charge in [0.25, 0.3) is 0 Å². The summed E-state index contributed by atoms with van der Waals surface area (Å²) in [7, 11) is 4.30. The number of benzene rings is 16. The monoisotopic (exact) mass is 1170 g/mol. The minimum Gasteiger partial charge on any atom is -0.345 e. The van der Waals surface area contributed by atoms with Crippen LogP contribution >= 0.6 is 0 Å². The molecule has 0 saturated heterocycles. The van der Waals surface area contributed by atoms with Crippen molar-refractivity contribution in [2.75, 3.05) is 16.8 Å². The summed E-state index contributed by atoms with van der Waals surface area (Å²) >= 11 is 0. The van der Waals surface area contributed by atoms with Crippen LogP contribution in [0.4, 0.5) is 28.4 Å². The lowest BCUT2D eigenvalue weighted by Gasteiger charge is -2.26. The Morgan fingerprint density at radius 3 is 1.43 bits per heavy atom. The van der Waals surface area contributed by atoms with Crippen molar-refractivity contribution in [3.63, 3.8) is 0 Å². The van der Waals surface area contributed by atoms with Gasteiger partial charge in [0.05, 0.1) is 11.0 Å². The molecule has 0 aliphatic carbocycles. The average Bonchev–Trinajstić information content (AvgIpc) is 1.55. The zero-order chi connectivity index (χ0) is 61.0. The van der Waals surface area contributed by atoms with E-state index in [0.717, 1.165) is 45.3 Å². The highest BCUT2D eigenvalue weighted by atomic mass is 15.1. The molecule has 2 heterocycles. The van der Waals surface area contributed by atoms with E-state index in [1.807, 2.05) is 0 Å². The molecule has 0 unspecified atom stereocenters. The first-order valence-electron chi connectivity index (χ1n) is 31.7. The SMILES string of the molecule is CN(c1ccccc1)c1ccc(-c2ccc3c(c2)c2c4ccccc4c4ccccc4c2n3-c2ccc3ccc(-c4cccc(N(c5ccc(-c6ccc(-c7ccc8c(c7)c7c9ccccc9ccc7n8C)cc6)cc5)c5ccc6ccccc6c5)c4)cc3c2)cc1. The van der Waals surface area contributed by atoms with Crippen molar-refractivity contribution in [3.8, 4) is 50.2 Å². The van der Waals surface area contributed by atoms with E-state index in [0.29, 0.717) is 0 Å². The molecule has 0 aliphatic heterocycles. The Bertz CT molecular complexity index is 5960. The third-order valence-electron chi connectivity index (χ3n) is 19.5. The molecule has 18 rings (SSSR count). The molecule has 0 saturated carbocycles. The van der Waals surface area contributed by atoms with E-state index in [-0.39, 0.29) is 0 Å². The van der Waals surface area contributed by atoms with Crippen molar-refractivity contribution < 1.29 is 0 Å². The molecule has 18 aromatic rings. The van der Waals surface area contributed by atoms with Crippen molar-refractivity contribution in [1.82, 2.24) is 9.13 Å². The summed E-state index contributed by atoms with van der Waals surface area (Å²) in [4.78, 5) is 4.63. The van der Waals surface area contributed by atoms with Crippen LogP contribution in [-0.4, -0.2) is 16.2 Å². The standard InChI is InChI=1S/C88H60N4/c1-89(70-19-4-3-5-20-70)71-42-33-61(34-43-71)68-41-49-84-82(56-68)87-79-25-12-10-23-77(79)78-24-11-13-26-80(78)88(87)92(84)75-47-38-62-31-32-66(51-69(62)54-75)65-18-14-21-73(53-65)91(74-46-37-57-15-6-7-17-64(57)52-74)72-44-35-59(36-45-72)58-27-29-60(30-28-58)67-40-48-83-81(55-67)86-76-22-9-8-16-63(76)39-50-85(86)90(83)2/h3-56H,1-2H3. The van der Waals surface area contributed by atoms with Gasteiger partial charge in [-0.05, 0) is 202 Å². The number of aromatic nitrogens is 2. The first kappa shape index (κ1) is 53.1. The van der Waals surface area contributed by atoms with Crippen LogP contribution in [0.2, 0.25) is 0 Å². The molecule has 2 aromatic heterocycles. The third kappa shape index (κ3) is 8.75. The molecule has 92 heavy (non-hydrogen) atoms. The molecular formula is C88H60N4. The fourth-order valence-corrected chi connectivity index (χ4v) is 14.8. The topological polar surface area (TPSA) is 16.3 Å². The second-order valence-corrected chi connectivity index (χ2v) is 24.6. The maximum atomic E-state index is 2.52. The fraction of sp³-hybridized carbons (Fsp3) is 0.0227. The van der Waals surface area contributed by atoms with Gasteiger partial charge in [0.15, 0.2) is 0 Å². The number of aryl methyl sites for hydroxylation is 1. The second kappa shape index (κ2) is 21.4. The van der Waals surface area contributed by atoms with Gasteiger partial charge in [0, 0.05) is 86.2 Å². The largest absolute Gasteiger partial charge is 0.345 e. The third-order valence-corrected chi connectivity index (χ3v) is 19.5. The molecule has 4 heteroatoms. The second-order valence-electron chi connectivity index (χ2n) is 24.6. The number of fused-ring (bicyclic) bond motifs is 15. The summed E-state index contributed by atoms with van der Waals surface area (Å²) in [5.41, 5.74) is 21.0. The Morgan fingerprint density at radius 2 is 0.696 bits per heavy atom. The van der Waals surface area contributed by atoms with Crippen LogP contribution in [0.25, 0.3) is 148 Å². The number of hydrogen-bond donors (Lipinski definition) is 0. The maximum Gasteiger partial charge on any atom is 0.0625 e. The van der Waals surface area contributed by atoms with Crippen molar-refractivity contribution in [2.24, 2.45) is 7.05 Å². The zero-order valence-corrected chi connectivity index (χ0v) is 51.0. The van der Waals surface area contributed by atoms with Gasteiger partial charge in [-0.3, -0.25) is 0 Å². The lowest BCUT2D eigenvalue weighted by atomic mass is 9.95. The number of para-hydroxylation sites is 1. The number of anilines is 5. The molecule has 0 spiro atoms. The molecule has 0 fully saturated rings. The maximum absolute atomic E-state index is 2.52. The van der Waals surface area contributed by atoms with Crippen LogP contribution in [-0.2, 0) is 7.05 Å². The minimum absolute atomic E-state index is 1.08. The minimum atomic E-state index is 1.08. The molecule has 0 N–H and O–H groups in total. The molecule has 4 nitrogen and oxygen atoms in total. The summed E-state index contributed by atoms with van der Waals surface area (Å²) in [6, 6.07) is 121. The van der Waals surface area contributed by atoms with Gasteiger partial charge < -0.3 is 18.9 Å². The van der Waals surface area contributed by atoms with Crippen molar-refractivity contribution >= 4 is 126 Å². The van der Waals surface area contributed by atoms with Gasteiger partial charge in [-0.2, -0.15) is 0 Å². The molecule has 0 radical (unpaired) electrons. The first-order chi connectivity index (χ1) is 45.4. The fourth-order valence-electron chi connectivity index (χ4n) is 14.8. The van der Waals surface area contributed by atoms with E-state index in [2.05, 4.69) is 361 Å². The lowest BCUT2D eigenvalue weighted by Crippen LogP contribution is -2.10. The molecular weight excluding hydrogens is 1110 g/mol. The number of hydrogen-bond acceptors (Lipinski definition) is 2. The highest BCUT2D eigenvalue weighted by Gasteiger charge is 2.22. The Kier molecular flexibility index (Phi) is 12.3. The highest BCUT2D eigenvalue weighted by Crippen LogP contribution is 2.46. The molecule has 432 valence electrons. The van der Waals surface area contributed by atoms with E-state index in [9.17, 15) is 0 Å². The van der Waals surface area contributed by atoms with Crippen molar-refractivity contribution in [1.29, 1.82) is 0 Å². The first-order valence-corrected chi connectivity index (χ1v) is 31.7. The van der Waals surface area contributed by atoms with Crippen LogP contribution in [0, 0.1) is 0 Å². The van der Waals surface area contributed by atoms with Gasteiger partial charge in [-0.15, -0.1) is 0 Å². The van der Waals surface area contributed by atoms with Crippen molar-refractivity contribution in [2.45, 2.75) is 0 Å². The summed E-state index contributed by atoms with van der Waals surface area (Å²) in [6.45, 7) is 0. The van der Waals surface area contributed by atoms with E-state index in [1.165, 1.54) is 131 Å². The van der Waals surface area contributed by atoms with Crippen LogP contribution in [0.15, 0.2) is 328 Å². The van der Waals surface area contributed by atoms with E-state index in [1.54, 1.807) is 0 Å². The highest BCUT2D eigenvalue weighted by molar-refractivity contribution is 6.32. The summed E-state index contributed by atoms with van der Waals surface area (Å²) in [5, 5.41) is 17.4. The Labute approximate surface area is 533 Å². The smallest absolute Gasteiger partial charge is 0.0625 e. The van der Waals surface area contributed by atoms with Crippen LogP contribution in [0.1, 0.15) is 0 Å². The summed E-state index contributed by atoms with van der Waals surface area (Å²) in [5.74, 6) is 0. The van der Waals surface area contributed by atoms with Gasteiger partial charge in [-0.25, -0.2) is 0 Å². The molecule has 0 bridgehead atoms. The average molecular weight is 1170 g/mol. The number of nitrogens with zero attached hydrogens (tertiary/aromatic N) is 4. The number of rotatable bonds is 10. The van der Waals surface area contributed by atoms with Gasteiger partial charge in [-0.1, -0.05) is 218 Å². The molecule has 16 aromatic carbocycles. The van der Waals surface area contributed by atoms with Crippen molar-refractivity contribution in [3.05, 3.63) is 328 Å². The Balaban J connectivity index is 0.704. The normalized spacial score (nSPS) is 11.8. The lowest BCUT2D eigenvalue weighted by molar-refractivity contribution is 1.01. The Hall–Kier alpha value is -12.0. The molecule has 0 atom stereocenters. The quantitative estimate of drug-likeness (QED) is 0.127. The van der Waals surface area contributed by atoms with Crippen LogP contribution in [0.3, 0.4) is 0 Å². The van der Waals surface area contributed by atoms with Gasteiger partial charge in [0.1, 0.15) is 0 Å². The predicted molar refractivity (Wildman–Crippen MR) is 393 cm³/mol. The zero-order valence-electron chi connectivity index (χ0n) is 51.0. The van der Waals surface area contributed by atoms with Crippen LogP contribution in [0.5, 0.6) is 0 Å². The van der Waals surface area contributed by atoms with E-state index >= 15 is 0 Å². The Morgan fingerprint density at radius 1 is 0.239 bits per heavy atom. The van der Waals surface area contributed by atoms with Gasteiger partial charge in [0.2, 0.25) is 0 Å². The van der Waals surface area contributed by atoms with Crippen LogP contribution < -0.4 is 9.80 Å². The molecule has 0 amide bonds. The predicted octanol–water partition coefficient (Wildman–Crippen LogP) is 24.1. The van der Waals surface area contributed by atoms with E-state index in [4.69, 9.17) is 0 Å². The molecule has 0 aliphatic rings. The summed E-state index contributed by atoms with van der Waals surface area (Å²) < 4.78 is 4.84. The van der Waals surface area contributed by atoms with Gasteiger partial charge >= 0.3 is 0 Å².